The zero-order valence-electron chi connectivity index (χ0n) is 11.4. The van der Waals surface area contributed by atoms with Gasteiger partial charge in [-0.2, -0.15) is 0 Å². The predicted octanol–water partition coefficient (Wildman–Crippen LogP) is 2.13. The van der Waals surface area contributed by atoms with Gasteiger partial charge in [-0.25, -0.2) is 4.79 Å². The van der Waals surface area contributed by atoms with Crippen molar-refractivity contribution in [3.8, 4) is 5.75 Å². The molecule has 3 N–H and O–H groups in total. The summed E-state index contributed by atoms with van der Waals surface area (Å²) in [6.45, 7) is 3.32. The van der Waals surface area contributed by atoms with E-state index >= 15 is 0 Å². The molecule has 0 saturated heterocycles. The number of aromatic hydroxyl groups is 1. The van der Waals surface area contributed by atoms with Crippen LogP contribution in [0.3, 0.4) is 0 Å². The fourth-order valence-electron chi connectivity index (χ4n) is 1.95. The highest BCUT2D eigenvalue weighted by Gasteiger charge is 2.17. The maximum Gasteiger partial charge on any atom is 0.350 e. The standard InChI is InChI=1S/C14H14BrNO5/c1-6-8-3-4-10(17)9(5-16-7(2)13(18)19)12(8)21-14(20)11(6)15/h3-4,7,16-17H,5H2,1-2H3,(H,18,19)/t7-/m0/s1. The van der Waals surface area contributed by atoms with Crippen LogP contribution in [-0.2, 0) is 11.3 Å². The lowest BCUT2D eigenvalue weighted by Gasteiger charge is -2.13. The molecule has 1 heterocycles. The first kappa shape index (κ1) is 15.5. The van der Waals surface area contributed by atoms with Gasteiger partial charge in [-0.15, -0.1) is 0 Å². The topological polar surface area (TPSA) is 99.8 Å². The summed E-state index contributed by atoms with van der Waals surface area (Å²) in [6, 6.07) is 2.35. The fourth-order valence-corrected chi connectivity index (χ4v) is 2.25. The molecule has 112 valence electrons. The first-order chi connectivity index (χ1) is 9.82. The van der Waals surface area contributed by atoms with E-state index in [4.69, 9.17) is 9.52 Å². The van der Waals surface area contributed by atoms with Gasteiger partial charge in [-0.1, -0.05) is 0 Å². The maximum absolute atomic E-state index is 11.8. The number of aryl methyl sites for hydroxylation is 1. The predicted molar refractivity (Wildman–Crippen MR) is 80.5 cm³/mol. The first-order valence-corrected chi connectivity index (χ1v) is 7.02. The van der Waals surface area contributed by atoms with Crippen LogP contribution in [0, 0.1) is 6.92 Å². The molecule has 0 unspecified atom stereocenters. The molecular formula is C14H14BrNO5. The van der Waals surface area contributed by atoms with Gasteiger partial charge in [-0.05, 0) is 47.5 Å². The van der Waals surface area contributed by atoms with Crippen LogP contribution in [0.25, 0.3) is 11.0 Å². The third kappa shape index (κ3) is 2.93. The highest BCUT2D eigenvalue weighted by atomic mass is 79.9. The Bertz CT molecular complexity index is 768. The Morgan fingerprint density at radius 1 is 1.48 bits per heavy atom. The molecule has 0 radical (unpaired) electrons. The zero-order chi connectivity index (χ0) is 15.7. The first-order valence-electron chi connectivity index (χ1n) is 6.23. The quantitative estimate of drug-likeness (QED) is 0.726. The summed E-state index contributed by atoms with van der Waals surface area (Å²) in [5.41, 5.74) is 0.769. The molecule has 0 saturated carbocycles. The largest absolute Gasteiger partial charge is 0.507 e. The molecule has 0 spiro atoms. The number of benzene rings is 1. The minimum atomic E-state index is -1.00. The summed E-state index contributed by atoms with van der Waals surface area (Å²) < 4.78 is 5.56. The third-order valence-corrected chi connectivity index (χ3v) is 4.22. The van der Waals surface area contributed by atoms with E-state index in [0.29, 0.717) is 21.0 Å². The van der Waals surface area contributed by atoms with Crippen molar-refractivity contribution in [2.45, 2.75) is 26.4 Å². The summed E-state index contributed by atoms with van der Waals surface area (Å²) in [4.78, 5) is 22.6. The number of carbonyl (C=O) groups is 1. The monoisotopic (exact) mass is 355 g/mol. The second-order valence-corrected chi connectivity index (χ2v) is 5.50. The van der Waals surface area contributed by atoms with Crippen LogP contribution in [0.5, 0.6) is 5.75 Å². The van der Waals surface area contributed by atoms with E-state index in [1.54, 1.807) is 13.0 Å². The lowest BCUT2D eigenvalue weighted by atomic mass is 10.1. The average Bonchev–Trinajstić information content (AvgIpc) is 2.43. The molecule has 0 aliphatic carbocycles. The lowest BCUT2D eigenvalue weighted by molar-refractivity contribution is -0.139. The van der Waals surface area contributed by atoms with Gasteiger partial charge in [0.15, 0.2) is 0 Å². The number of carboxylic acids is 1. The van der Waals surface area contributed by atoms with Crippen LogP contribution in [0.1, 0.15) is 18.1 Å². The number of carboxylic acid groups (broad SMARTS) is 1. The maximum atomic E-state index is 11.8. The minimum Gasteiger partial charge on any atom is -0.507 e. The van der Waals surface area contributed by atoms with Gasteiger partial charge < -0.3 is 19.9 Å². The number of rotatable bonds is 4. The average molecular weight is 356 g/mol. The number of nitrogens with one attached hydrogen (secondary N) is 1. The minimum absolute atomic E-state index is 0.0579. The van der Waals surface area contributed by atoms with Crippen molar-refractivity contribution < 1.29 is 19.4 Å². The molecule has 0 aliphatic rings. The Balaban J connectivity index is 2.55. The van der Waals surface area contributed by atoms with Crippen LogP contribution in [0.2, 0.25) is 0 Å². The fraction of sp³-hybridized carbons (Fsp3) is 0.286. The highest BCUT2D eigenvalue weighted by molar-refractivity contribution is 9.10. The molecule has 2 rings (SSSR count). The Morgan fingerprint density at radius 3 is 2.76 bits per heavy atom. The van der Waals surface area contributed by atoms with E-state index in [0.717, 1.165) is 0 Å². The molecule has 1 aromatic carbocycles. The summed E-state index contributed by atoms with van der Waals surface area (Å²) >= 11 is 3.16. The molecule has 0 fully saturated rings. The lowest BCUT2D eigenvalue weighted by Crippen LogP contribution is -2.33. The second kappa shape index (κ2) is 5.87. The molecule has 2 aromatic rings. The number of hydrogen-bond acceptors (Lipinski definition) is 5. The second-order valence-electron chi connectivity index (χ2n) is 4.71. The zero-order valence-corrected chi connectivity index (χ0v) is 13.0. The van der Waals surface area contributed by atoms with E-state index in [9.17, 15) is 14.7 Å². The van der Waals surface area contributed by atoms with Crippen LogP contribution in [0.4, 0.5) is 0 Å². The van der Waals surface area contributed by atoms with Crippen molar-refractivity contribution in [1.29, 1.82) is 0 Å². The highest BCUT2D eigenvalue weighted by Crippen LogP contribution is 2.30. The Kier molecular flexibility index (Phi) is 4.34. The normalized spacial score (nSPS) is 12.5. The van der Waals surface area contributed by atoms with Gasteiger partial charge in [0.1, 0.15) is 21.8 Å². The van der Waals surface area contributed by atoms with Gasteiger partial charge in [0.2, 0.25) is 0 Å². The Morgan fingerprint density at radius 2 is 2.14 bits per heavy atom. The van der Waals surface area contributed by atoms with E-state index in [2.05, 4.69) is 21.2 Å². The molecule has 0 aliphatic heterocycles. The van der Waals surface area contributed by atoms with Gasteiger partial charge in [-0.3, -0.25) is 4.79 Å². The van der Waals surface area contributed by atoms with Crippen LogP contribution >= 0.6 is 15.9 Å². The Hall–Kier alpha value is -1.86. The number of hydrogen-bond donors (Lipinski definition) is 3. The van der Waals surface area contributed by atoms with E-state index in [1.807, 2.05) is 0 Å². The van der Waals surface area contributed by atoms with Crippen molar-refractivity contribution in [2.24, 2.45) is 0 Å². The van der Waals surface area contributed by atoms with Gasteiger partial charge in [0, 0.05) is 11.9 Å². The number of fused-ring (bicyclic) bond motifs is 1. The number of halogens is 1. The molecule has 0 amide bonds. The van der Waals surface area contributed by atoms with Crippen molar-refractivity contribution >= 4 is 32.9 Å². The SMILES string of the molecule is Cc1c(Br)c(=O)oc2c(CN[C@@H](C)C(=O)O)c(O)ccc12. The number of aliphatic carboxylic acids is 1. The van der Waals surface area contributed by atoms with Crippen molar-refractivity contribution in [3.05, 3.63) is 38.2 Å². The summed E-state index contributed by atoms with van der Waals surface area (Å²) in [5.74, 6) is -1.06. The molecule has 7 heteroatoms. The van der Waals surface area contributed by atoms with Crippen molar-refractivity contribution in [2.75, 3.05) is 0 Å². The van der Waals surface area contributed by atoms with Gasteiger partial charge in [0.25, 0.3) is 0 Å². The molecule has 1 aromatic heterocycles. The molecular weight excluding hydrogens is 342 g/mol. The van der Waals surface area contributed by atoms with Crippen LogP contribution in [0.15, 0.2) is 25.8 Å². The van der Waals surface area contributed by atoms with Gasteiger partial charge in [0.05, 0.1) is 5.56 Å². The molecule has 0 bridgehead atoms. The van der Waals surface area contributed by atoms with Crippen molar-refractivity contribution in [1.82, 2.24) is 5.32 Å². The summed E-state index contributed by atoms with van der Waals surface area (Å²) in [7, 11) is 0. The van der Waals surface area contributed by atoms with Crippen molar-refractivity contribution in [3.63, 3.8) is 0 Å². The third-order valence-electron chi connectivity index (χ3n) is 3.30. The number of phenols is 1. The molecule has 1 atom stereocenters. The smallest absolute Gasteiger partial charge is 0.350 e. The number of phenolic OH excluding ortho intramolecular Hbond substituents is 1. The van der Waals surface area contributed by atoms with Crippen LogP contribution in [-0.4, -0.2) is 22.2 Å². The van der Waals surface area contributed by atoms with E-state index in [1.165, 1.54) is 13.0 Å². The van der Waals surface area contributed by atoms with Crippen LogP contribution < -0.4 is 10.9 Å². The van der Waals surface area contributed by atoms with E-state index < -0.39 is 17.6 Å². The Labute approximate surface area is 128 Å². The van der Waals surface area contributed by atoms with Gasteiger partial charge >= 0.3 is 11.6 Å². The molecule has 6 nitrogen and oxygen atoms in total. The van der Waals surface area contributed by atoms with E-state index in [-0.39, 0.29) is 17.9 Å². The molecule has 21 heavy (non-hydrogen) atoms. The summed E-state index contributed by atoms with van der Waals surface area (Å²) in [5, 5.41) is 22.2. The summed E-state index contributed by atoms with van der Waals surface area (Å²) in [6.07, 6.45) is 0.